The third kappa shape index (κ3) is 3.59. The third-order valence-electron chi connectivity index (χ3n) is 4.53. The molecule has 2 rings (SSSR count). The van der Waals surface area contributed by atoms with Crippen LogP contribution >= 0.6 is 0 Å². The summed E-state index contributed by atoms with van der Waals surface area (Å²) in [6.07, 6.45) is 2.95. The van der Waals surface area contributed by atoms with Gasteiger partial charge in [0.25, 0.3) is 0 Å². The van der Waals surface area contributed by atoms with Crippen molar-refractivity contribution in [2.45, 2.75) is 32.6 Å². The molecule has 0 heterocycles. The number of ether oxygens (including phenoxy) is 1. The van der Waals surface area contributed by atoms with Crippen molar-refractivity contribution in [1.29, 1.82) is 0 Å². The first-order valence-electron chi connectivity index (χ1n) is 7.65. The summed E-state index contributed by atoms with van der Waals surface area (Å²) in [7, 11) is 1.56. The molecule has 0 bridgehead atoms. The van der Waals surface area contributed by atoms with Crippen molar-refractivity contribution >= 4 is 11.9 Å². The number of methoxy groups -OCH3 is 1. The van der Waals surface area contributed by atoms with Crippen LogP contribution in [-0.4, -0.2) is 30.6 Å². The summed E-state index contributed by atoms with van der Waals surface area (Å²) in [5.74, 6) is -0.908. The van der Waals surface area contributed by atoms with Crippen LogP contribution in [0.3, 0.4) is 0 Å². The number of benzene rings is 1. The van der Waals surface area contributed by atoms with E-state index in [0.29, 0.717) is 12.2 Å². The maximum absolute atomic E-state index is 12.1. The molecule has 1 amide bonds. The van der Waals surface area contributed by atoms with Gasteiger partial charge in [0.05, 0.1) is 13.0 Å². The molecule has 1 aliphatic carbocycles. The summed E-state index contributed by atoms with van der Waals surface area (Å²) in [4.78, 5) is 23.6. The number of aliphatic carboxylic acids is 1. The van der Waals surface area contributed by atoms with Gasteiger partial charge in [0.1, 0.15) is 5.75 Å². The Morgan fingerprint density at radius 1 is 1.36 bits per heavy atom. The van der Waals surface area contributed by atoms with Gasteiger partial charge in [-0.15, -0.1) is 0 Å². The van der Waals surface area contributed by atoms with Gasteiger partial charge in [0, 0.05) is 12.0 Å². The minimum Gasteiger partial charge on any atom is -0.496 e. The Balaban J connectivity index is 1.98. The van der Waals surface area contributed by atoms with Gasteiger partial charge in [0.2, 0.25) is 5.91 Å². The molecule has 0 radical (unpaired) electrons. The molecule has 1 fully saturated rings. The number of para-hydroxylation sites is 1. The lowest BCUT2D eigenvalue weighted by molar-refractivity contribution is -0.141. The van der Waals surface area contributed by atoms with E-state index in [9.17, 15) is 14.7 Å². The van der Waals surface area contributed by atoms with Gasteiger partial charge in [-0.2, -0.15) is 0 Å². The second-order valence-electron chi connectivity index (χ2n) is 5.90. The van der Waals surface area contributed by atoms with Crippen molar-refractivity contribution < 1.29 is 19.4 Å². The summed E-state index contributed by atoms with van der Waals surface area (Å²) in [5.41, 5.74) is 0.594. The lowest BCUT2D eigenvalue weighted by atomic mass is 9.97. The molecule has 2 N–H and O–H groups in total. The van der Waals surface area contributed by atoms with Crippen LogP contribution in [0.5, 0.6) is 5.75 Å². The molecular formula is C17H23NO4. The molecule has 1 aromatic rings. The van der Waals surface area contributed by atoms with Crippen LogP contribution in [0.2, 0.25) is 0 Å². The molecule has 0 saturated heterocycles. The number of carbonyl (C=O) groups is 2. The summed E-state index contributed by atoms with van der Waals surface area (Å²) in [6, 6.07) is 7.36. The predicted octanol–water partition coefficient (Wildman–Crippen LogP) is 2.24. The van der Waals surface area contributed by atoms with E-state index in [1.54, 1.807) is 7.11 Å². The highest BCUT2D eigenvalue weighted by Crippen LogP contribution is 2.48. The van der Waals surface area contributed by atoms with Crippen molar-refractivity contribution in [1.82, 2.24) is 5.32 Å². The number of nitrogens with one attached hydrogen (secondary N) is 1. The van der Waals surface area contributed by atoms with Crippen LogP contribution in [0.15, 0.2) is 24.3 Å². The fourth-order valence-electron chi connectivity index (χ4n) is 2.68. The zero-order valence-corrected chi connectivity index (χ0v) is 13.1. The Labute approximate surface area is 130 Å². The largest absolute Gasteiger partial charge is 0.496 e. The van der Waals surface area contributed by atoms with Crippen molar-refractivity contribution in [3.63, 3.8) is 0 Å². The molecule has 0 aromatic heterocycles. The molecule has 1 atom stereocenters. The molecule has 1 unspecified atom stereocenters. The number of carboxylic acids is 1. The van der Waals surface area contributed by atoms with Crippen LogP contribution < -0.4 is 10.1 Å². The van der Waals surface area contributed by atoms with Gasteiger partial charge in [-0.25, -0.2) is 0 Å². The van der Waals surface area contributed by atoms with E-state index in [1.807, 2.05) is 31.2 Å². The predicted molar refractivity (Wildman–Crippen MR) is 82.8 cm³/mol. The van der Waals surface area contributed by atoms with E-state index in [-0.39, 0.29) is 17.9 Å². The molecule has 5 nitrogen and oxygen atoms in total. The van der Waals surface area contributed by atoms with Crippen molar-refractivity contribution in [3.05, 3.63) is 29.8 Å². The lowest BCUT2D eigenvalue weighted by Crippen LogP contribution is -2.38. The van der Waals surface area contributed by atoms with E-state index in [1.165, 1.54) is 0 Å². The average molecular weight is 305 g/mol. The number of carboxylic acid groups (broad SMARTS) is 1. The number of hydrogen-bond acceptors (Lipinski definition) is 3. The number of carbonyl (C=O) groups excluding carboxylic acids is 1. The maximum atomic E-state index is 12.1. The average Bonchev–Trinajstić information content (AvgIpc) is 3.32. The van der Waals surface area contributed by atoms with Crippen molar-refractivity contribution in [2.24, 2.45) is 11.3 Å². The van der Waals surface area contributed by atoms with E-state index in [0.717, 1.165) is 24.8 Å². The molecule has 120 valence electrons. The number of amides is 1. The molecule has 1 saturated carbocycles. The first kappa shape index (κ1) is 16.3. The highest BCUT2D eigenvalue weighted by atomic mass is 16.5. The van der Waals surface area contributed by atoms with Gasteiger partial charge < -0.3 is 15.2 Å². The molecule has 0 spiro atoms. The first-order chi connectivity index (χ1) is 10.5. The number of hydrogen-bond donors (Lipinski definition) is 2. The molecule has 0 aliphatic heterocycles. The van der Waals surface area contributed by atoms with Crippen LogP contribution in [0, 0.1) is 11.3 Å². The molecule has 1 aromatic carbocycles. The number of rotatable bonds is 8. The highest BCUT2D eigenvalue weighted by molar-refractivity contribution is 5.85. The Kier molecular flexibility index (Phi) is 5.06. The smallest absolute Gasteiger partial charge is 0.308 e. The van der Waals surface area contributed by atoms with E-state index >= 15 is 0 Å². The lowest BCUT2D eigenvalue weighted by Gasteiger charge is -2.18. The molecule has 5 heteroatoms. The van der Waals surface area contributed by atoms with Gasteiger partial charge >= 0.3 is 5.97 Å². The van der Waals surface area contributed by atoms with Crippen molar-refractivity contribution in [2.75, 3.05) is 13.7 Å². The SMILES string of the molecule is CCC1(C(=O)NCC(Cc2ccccc2OC)C(=O)O)CC1. The summed E-state index contributed by atoms with van der Waals surface area (Å²) >= 11 is 0. The Hall–Kier alpha value is -2.04. The third-order valence-corrected chi connectivity index (χ3v) is 4.53. The molecular weight excluding hydrogens is 282 g/mol. The minimum atomic E-state index is -0.910. The van der Waals surface area contributed by atoms with Gasteiger partial charge in [-0.1, -0.05) is 25.1 Å². The molecule has 22 heavy (non-hydrogen) atoms. The van der Waals surface area contributed by atoms with E-state index < -0.39 is 11.9 Å². The van der Waals surface area contributed by atoms with Gasteiger partial charge in [0.15, 0.2) is 0 Å². The van der Waals surface area contributed by atoms with Gasteiger partial charge in [-0.3, -0.25) is 9.59 Å². The summed E-state index contributed by atoms with van der Waals surface area (Å²) < 4.78 is 5.25. The monoisotopic (exact) mass is 305 g/mol. The fourth-order valence-corrected chi connectivity index (χ4v) is 2.68. The minimum absolute atomic E-state index is 0.0127. The first-order valence-corrected chi connectivity index (χ1v) is 7.65. The van der Waals surface area contributed by atoms with Crippen LogP contribution in [0.1, 0.15) is 31.7 Å². The second kappa shape index (κ2) is 6.81. The van der Waals surface area contributed by atoms with E-state index in [2.05, 4.69) is 5.32 Å². The standard InChI is InChI=1S/C17H23NO4/c1-3-17(8-9-17)16(21)18-11-13(15(19)20)10-12-6-4-5-7-14(12)22-2/h4-7,13H,3,8-11H2,1-2H3,(H,18,21)(H,19,20). The van der Waals surface area contributed by atoms with Crippen molar-refractivity contribution in [3.8, 4) is 5.75 Å². The Morgan fingerprint density at radius 3 is 2.59 bits per heavy atom. The molecule has 1 aliphatic rings. The maximum Gasteiger partial charge on any atom is 0.308 e. The second-order valence-corrected chi connectivity index (χ2v) is 5.90. The quantitative estimate of drug-likeness (QED) is 0.772. The zero-order valence-electron chi connectivity index (χ0n) is 13.1. The van der Waals surface area contributed by atoms with Crippen LogP contribution in [0.4, 0.5) is 0 Å². The van der Waals surface area contributed by atoms with E-state index in [4.69, 9.17) is 4.74 Å². The fraction of sp³-hybridized carbons (Fsp3) is 0.529. The summed E-state index contributed by atoms with van der Waals surface area (Å²) in [6.45, 7) is 2.14. The Morgan fingerprint density at radius 2 is 2.05 bits per heavy atom. The normalized spacial score (nSPS) is 16.6. The summed E-state index contributed by atoms with van der Waals surface area (Å²) in [5, 5.41) is 12.2. The van der Waals surface area contributed by atoms with Crippen LogP contribution in [-0.2, 0) is 16.0 Å². The highest BCUT2D eigenvalue weighted by Gasteiger charge is 2.47. The van der Waals surface area contributed by atoms with Gasteiger partial charge in [-0.05, 0) is 37.3 Å². The Bertz CT molecular complexity index is 551. The van der Waals surface area contributed by atoms with Crippen LogP contribution in [0.25, 0.3) is 0 Å². The zero-order chi connectivity index (χ0) is 16.2. The topological polar surface area (TPSA) is 75.6 Å².